The van der Waals surface area contributed by atoms with E-state index in [4.69, 9.17) is 13.3 Å². The van der Waals surface area contributed by atoms with Crippen molar-refractivity contribution in [1.82, 2.24) is 0 Å². The van der Waals surface area contributed by atoms with E-state index in [2.05, 4.69) is 0 Å². The number of halogens is 4. The van der Waals surface area contributed by atoms with Gasteiger partial charge >= 0.3 is 8.80 Å². The van der Waals surface area contributed by atoms with E-state index in [0.29, 0.717) is 17.9 Å². The maximum Gasteiger partial charge on any atom is 0.536 e. The molecule has 0 radical (unpaired) electrons. The average Bonchev–Trinajstić information content (AvgIpc) is 2.61. The molecular formula is C16H16F4O3Si. The Labute approximate surface area is 138 Å². The summed E-state index contributed by atoms with van der Waals surface area (Å²) in [4.78, 5) is 0. The van der Waals surface area contributed by atoms with Crippen LogP contribution in [0.3, 0.4) is 0 Å². The van der Waals surface area contributed by atoms with Gasteiger partial charge < -0.3 is 13.3 Å². The summed E-state index contributed by atoms with van der Waals surface area (Å²) in [6.07, 6.45) is 0. The molecule has 0 atom stereocenters. The molecule has 0 unspecified atom stereocenters. The van der Waals surface area contributed by atoms with Crippen LogP contribution in [0.25, 0.3) is 11.1 Å². The van der Waals surface area contributed by atoms with E-state index >= 15 is 0 Å². The highest BCUT2D eigenvalue weighted by Crippen LogP contribution is 2.27. The highest BCUT2D eigenvalue weighted by Gasteiger charge is 2.41. The quantitative estimate of drug-likeness (QED) is 0.342. The van der Waals surface area contributed by atoms with Crippen LogP contribution < -0.4 is 5.19 Å². The standard InChI is InChI=1S/C16H16F4O3Si/c1-4-23-24(21-2,22-3)11-7-5-10(6-8-11)12-9-13(17)15(19)16(20)14(12)18/h5-9H,4H2,1-3H3. The first-order chi connectivity index (χ1) is 11.4. The summed E-state index contributed by atoms with van der Waals surface area (Å²) >= 11 is 0. The molecule has 0 bridgehead atoms. The van der Waals surface area contributed by atoms with Crippen LogP contribution in [-0.2, 0) is 13.3 Å². The minimum Gasteiger partial charge on any atom is -0.373 e. The number of benzene rings is 2. The van der Waals surface area contributed by atoms with Gasteiger partial charge in [0.05, 0.1) is 0 Å². The topological polar surface area (TPSA) is 27.7 Å². The van der Waals surface area contributed by atoms with Gasteiger partial charge in [-0.1, -0.05) is 24.3 Å². The summed E-state index contributed by atoms with van der Waals surface area (Å²) in [6, 6.07) is 6.60. The van der Waals surface area contributed by atoms with E-state index in [9.17, 15) is 17.6 Å². The lowest BCUT2D eigenvalue weighted by Crippen LogP contribution is -2.55. The molecular weight excluding hydrogens is 344 g/mol. The molecule has 0 saturated carbocycles. The summed E-state index contributed by atoms with van der Waals surface area (Å²) < 4.78 is 70.0. The lowest BCUT2D eigenvalue weighted by Gasteiger charge is -2.26. The predicted octanol–water partition coefficient (Wildman–Crippen LogP) is 3.39. The van der Waals surface area contributed by atoms with Gasteiger partial charge in [-0.05, 0) is 18.6 Å². The average molecular weight is 360 g/mol. The van der Waals surface area contributed by atoms with E-state index in [-0.39, 0.29) is 11.1 Å². The van der Waals surface area contributed by atoms with Gasteiger partial charge in [0.2, 0.25) is 0 Å². The zero-order valence-corrected chi connectivity index (χ0v) is 14.3. The zero-order valence-electron chi connectivity index (χ0n) is 13.3. The first kappa shape index (κ1) is 18.6. The third-order valence-electron chi connectivity index (χ3n) is 3.52. The van der Waals surface area contributed by atoms with Crippen molar-refractivity contribution in [1.29, 1.82) is 0 Å². The van der Waals surface area contributed by atoms with E-state index in [0.717, 1.165) is 0 Å². The van der Waals surface area contributed by atoms with Gasteiger partial charge in [-0.15, -0.1) is 0 Å². The summed E-state index contributed by atoms with van der Waals surface area (Å²) in [5.74, 6) is -6.59. The van der Waals surface area contributed by atoms with Crippen molar-refractivity contribution >= 4 is 14.0 Å². The summed E-state index contributed by atoms with van der Waals surface area (Å²) in [5, 5.41) is 0.599. The molecule has 24 heavy (non-hydrogen) atoms. The predicted molar refractivity (Wildman–Crippen MR) is 82.7 cm³/mol. The van der Waals surface area contributed by atoms with Gasteiger partial charge in [-0.3, -0.25) is 0 Å². The first-order valence-corrected chi connectivity index (χ1v) is 8.80. The van der Waals surface area contributed by atoms with Crippen molar-refractivity contribution in [3.05, 3.63) is 53.6 Å². The molecule has 2 aromatic rings. The first-order valence-electron chi connectivity index (χ1n) is 7.08. The van der Waals surface area contributed by atoms with Crippen molar-refractivity contribution in [2.45, 2.75) is 6.92 Å². The van der Waals surface area contributed by atoms with Crippen molar-refractivity contribution in [3.63, 3.8) is 0 Å². The Balaban J connectivity index is 2.47. The molecule has 0 N–H and O–H groups in total. The molecule has 3 nitrogen and oxygen atoms in total. The van der Waals surface area contributed by atoms with Crippen LogP contribution in [0.15, 0.2) is 30.3 Å². The molecule has 0 spiro atoms. The normalized spacial score (nSPS) is 11.8. The Morgan fingerprint density at radius 1 is 0.875 bits per heavy atom. The summed E-state index contributed by atoms with van der Waals surface area (Å²) in [6.45, 7) is 2.15. The Bertz CT molecular complexity index is 718. The minimum absolute atomic E-state index is 0.181. The summed E-state index contributed by atoms with van der Waals surface area (Å²) in [5.41, 5.74) is -0.197. The lowest BCUT2D eigenvalue weighted by atomic mass is 10.0. The molecule has 0 aromatic heterocycles. The van der Waals surface area contributed by atoms with Gasteiger partial charge in [0.1, 0.15) is 0 Å². The SMILES string of the molecule is CCO[Si](OC)(OC)c1ccc(-c2cc(F)c(F)c(F)c2F)cc1. The zero-order chi connectivity index (χ0) is 17.9. The van der Waals surface area contributed by atoms with Crippen molar-refractivity contribution < 1.29 is 30.8 Å². The minimum atomic E-state index is -3.09. The molecule has 2 aromatic carbocycles. The maximum atomic E-state index is 13.9. The fourth-order valence-electron chi connectivity index (χ4n) is 2.35. The second-order valence-electron chi connectivity index (χ2n) is 4.82. The molecule has 8 heteroatoms. The van der Waals surface area contributed by atoms with Gasteiger partial charge in [0, 0.05) is 31.6 Å². The molecule has 0 fully saturated rings. The van der Waals surface area contributed by atoms with Crippen LogP contribution in [-0.4, -0.2) is 29.6 Å². The molecule has 0 aliphatic rings. The van der Waals surface area contributed by atoms with Crippen molar-refractivity contribution in [2.75, 3.05) is 20.8 Å². The van der Waals surface area contributed by atoms with Crippen LogP contribution in [0.4, 0.5) is 17.6 Å². The maximum absolute atomic E-state index is 13.9. The largest absolute Gasteiger partial charge is 0.536 e. The van der Waals surface area contributed by atoms with Crippen molar-refractivity contribution in [2.24, 2.45) is 0 Å². The fourth-order valence-corrected chi connectivity index (χ4v) is 4.34. The molecule has 0 saturated heterocycles. The van der Waals surface area contributed by atoms with E-state index in [1.807, 2.05) is 0 Å². The van der Waals surface area contributed by atoms with Crippen LogP contribution in [0.5, 0.6) is 0 Å². The number of hydrogen-bond acceptors (Lipinski definition) is 3. The monoisotopic (exact) mass is 360 g/mol. The Morgan fingerprint density at radius 2 is 1.46 bits per heavy atom. The highest BCUT2D eigenvalue weighted by molar-refractivity contribution is 6.75. The third kappa shape index (κ3) is 3.23. The van der Waals surface area contributed by atoms with Crippen LogP contribution in [0, 0.1) is 23.3 Å². The van der Waals surface area contributed by atoms with Gasteiger partial charge in [0.25, 0.3) is 0 Å². The summed E-state index contributed by atoms with van der Waals surface area (Å²) in [7, 11) is -0.193. The second-order valence-corrected chi connectivity index (χ2v) is 7.62. The number of hydrogen-bond donors (Lipinski definition) is 0. The van der Waals surface area contributed by atoms with E-state index in [1.165, 1.54) is 26.4 Å². The van der Waals surface area contributed by atoms with Gasteiger partial charge in [0.15, 0.2) is 23.3 Å². The van der Waals surface area contributed by atoms with Gasteiger partial charge in [-0.25, -0.2) is 17.6 Å². The van der Waals surface area contributed by atoms with E-state index in [1.54, 1.807) is 19.1 Å². The fraction of sp³-hybridized carbons (Fsp3) is 0.250. The molecule has 2 rings (SSSR count). The number of rotatable bonds is 6. The molecule has 0 aliphatic heterocycles. The van der Waals surface area contributed by atoms with E-state index < -0.39 is 32.1 Å². The molecule has 0 heterocycles. The highest BCUT2D eigenvalue weighted by atomic mass is 28.4. The Morgan fingerprint density at radius 3 is 1.96 bits per heavy atom. The molecule has 0 aliphatic carbocycles. The Kier molecular flexibility index (Phi) is 5.76. The lowest BCUT2D eigenvalue weighted by molar-refractivity contribution is 0.120. The van der Waals surface area contributed by atoms with Crippen LogP contribution in [0.1, 0.15) is 6.92 Å². The van der Waals surface area contributed by atoms with Crippen LogP contribution in [0.2, 0.25) is 0 Å². The van der Waals surface area contributed by atoms with Crippen LogP contribution >= 0.6 is 0 Å². The van der Waals surface area contributed by atoms with Gasteiger partial charge in [-0.2, -0.15) is 0 Å². The Hall–Kier alpha value is -1.74. The second kappa shape index (κ2) is 7.43. The molecule has 130 valence electrons. The smallest absolute Gasteiger partial charge is 0.373 e. The van der Waals surface area contributed by atoms with Crippen molar-refractivity contribution in [3.8, 4) is 11.1 Å². The molecule has 0 amide bonds. The third-order valence-corrected chi connectivity index (χ3v) is 6.31.